The van der Waals surface area contributed by atoms with Crippen molar-refractivity contribution in [1.29, 1.82) is 0 Å². The quantitative estimate of drug-likeness (QED) is 0.272. The molecule has 0 saturated carbocycles. The summed E-state index contributed by atoms with van der Waals surface area (Å²) in [7, 11) is 0. The van der Waals surface area contributed by atoms with Gasteiger partial charge in [-0.1, -0.05) is 76.2 Å². The fraction of sp³-hybridized carbons (Fsp3) is 0.194. The summed E-state index contributed by atoms with van der Waals surface area (Å²) in [6.45, 7) is 9.08. The lowest BCUT2D eigenvalue weighted by Crippen LogP contribution is -2.08. The Morgan fingerprint density at radius 3 is 2.12 bits per heavy atom. The number of para-hydroxylation sites is 4. The molecule has 6 rings (SSSR count). The van der Waals surface area contributed by atoms with Gasteiger partial charge in [0.1, 0.15) is 17.0 Å². The van der Waals surface area contributed by atoms with Crippen LogP contribution in [0.25, 0.3) is 50.0 Å². The molecule has 0 atom stereocenters. The van der Waals surface area contributed by atoms with E-state index in [4.69, 9.17) is 9.40 Å². The summed E-state index contributed by atoms with van der Waals surface area (Å²) < 4.78 is 8.47. The smallest absolute Gasteiger partial charge is 0.145 e. The Kier molecular flexibility index (Phi) is 4.80. The highest BCUT2D eigenvalue weighted by Gasteiger charge is 2.22. The van der Waals surface area contributed by atoms with Crippen LogP contribution < -0.4 is 0 Å². The molecular weight excluding hydrogens is 416 g/mol. The number of imidazole rings is 1. The monoisotopic (exact) mass is 444 g/mol. The Morgan fingerprint density at radius 2 is 1.35 bits per heavy atom. The van der Waals surface area contributed by atoms with Crippen molar-refractivity contribution in [3.63, 3.8) is 0 Å². The average Bonchev–Trinajstić information content (AvgIpc) is 3.41. The summed E-state index contributed by atoms with van der Waals surface area (Å²) in [5, 5.41) is 2.25. The normalized spacial score (nSPS) is 12.1. The lowest BCUT2D eigenvalue weighted by molar-refractivity contribution is 0.669. The van der Waals surface area contributed by atoms with Gasteiger partial charge in [-0.15, -0.1) is 0 Å². The maximum Gasteiger partial charge on any atom is 0.145 e. The summed E-state index contributed by atoms with van der Waals surface area (Å²) in [5.41, 5.74) is 8.97. The number of benzene rings is 4. The van der Waals surface area contributed by atoms with Gasteiger partial charge in [0.05, 0.1) is 16.7 Å². The number of furan rings is 1. The van der Waals surface area contributed by atoms with Crippen LogP contribution in [0.4, 0.5) is 0 Å². The predicted octanol–water partition coefficient (Wildman–Crippen LogP) is 8.84. The van der Waals surface area contributed by atoms with Crippen LogP contribution in [0.5, 0.6) is 0 Å². The average molecular weight is 445 g/mol. The molecule has 0 N–H and O–H groups in total. The molecule has 0 fully saturated rings. The van der Waals surface area contributed by atoms with Crippen molar-refractivity contribution in [2.45, 2.75) is 39.5 Å². The molecule has 0 aliphatic heterocycles. The van der Waals surface area contributed by atoms with E-state index in [0.29, 0.717) is 11.8 Å². The first kappa shape index (κ1) is 20.7. The number of aromatic nitrogens is 2. The maximum atomic E-state index is 6.09. The molecular formula is C31H28N2O. The van der Waals surface area contributed by atoms with Gasteiger partial charge in [-0.05, 0) is 59.4 Å². The molecule has 168 valence electrons. The summed E-state index contributed by atoms with van der Waals surface area (Å²) in [4.78, 5) is 5.16. The number of rotatable bonds is 4. The van der Waals surface area contributed by atoms with Crippen LogP contribution in [-0.4, -0.2) is 9.55 Å². The first-order valence-corrected chi connectivity index (χ1v) is 12.0. The van der Waals surface area contributed by atoms with Crippen molar-refractivity contribution in [2.24, 2.45) is 0 Å². The third-order valence-electron chi connectivity index (χ3n) is 6.76. The van der Waals surface area contributed by atoms with Crippen molar-refractivity contribution in [2.75, 3.05) is 0 Å². The van der Waals surface area contributed by atoms with Gasteiger partial charge in [-0.3, -0.25) is 4.57 Å². The maximum absolute atomic E-state index is 6.09. The molecule has 6 aromatic rings. The molecule has 0 aliphatic carbocycles. The van der Waals surface area contributed by atoms with Crippen LogP contribution in [0, 0.1) is 0 Å². The van der Waals surface area contributed by atoms with E-state index in [1.54, 1.807) is 0 Å². The lowest BCUT2D eigenvalue weighted by atomic mass is 9.92. The van der Waals surface area contributed by atoms with Crippen molar-refractivity contribution in [1.82, 2.24) is 9.55 Å². The zero-order valence-corrected chi connectivity index (χ0v) is 20.0. The Balaban J connectivity index is 1.71. The molecule has 0 unspecified atom stereocenters. The highest BCUT2D eigenvalue weighted by molar-refractivity contribution is 6.06. The Bertz CT molecular complexity index is 1640. The van der Waals surface area contributed by atoms with E-state index in [1.807, 2.05) is 12.1 Å². The molecule has 3 heteroatoms. The van der Waals surface area contributed by atoms with E-state index in [9.17, 15) is 0 Å². The number of hydrogen-bond acceptors (Lipinski definition) is 2. The fourth-order valence-electron chi connectivity index (χ4n) is 5.08. The van der Waals surface area contributed by atoms with Gasteiger partial charge in [0.15, 0.2) is 0 Å². The van der Waals surface area contributed by atoms with E-state index in [0.717, 1.165) is 44.4 Å². The highest BCUT2D eigenvalue weighted by Crippen LogP contribution is 2.38. The minimum atomic E-state index is 0.392. The van der Waals surface area contributed by atoms with Gasteiger partial charge in [0.25, 0.3) is 0 Å². The number of fused-ring (bicyclic) bond motifs is 4. The number of hydrogen-bond donors (Lipinski definition) is 0. The van der Waals surface area contributed by atoms with Gasteiger partial charge < -0.3 is 4.42 Å². The van der Waals surface area contributed by atoms with Gasteiger partial charge in [-0.2, -0.15) is 0 Å². The molecule has 0 saturated heterocycles. The third kappa shape index (κ3) is 3.15. The van der Waals surface area contributed by atoms with Gasteiger partial charge in [0.2, 0.25) is 0 Å². The third-order valence-corrected chi connectivity index (χ3v) is 6.76. The van der Waals surface area contributed by atoms with E-state index in [-0.39, 0.29) is 0 Å². The van der Waals surface area contributed by atoms with Crippen LogP contribution >= 0.6 is 0 Å². The van der Waals surface area contributed by atoms with Crippen LogP contribution in [0.3, 0.4) is 0 Å². The first-order valence-electron chi connectivity index (χ1n) is 12.0. The van der Waals surface area contributed by atoms with E-state index >= 15 is 0 Å². The molecule has 2 aromatic heterocycles. The molecule has 34 heavy (non-hydrogen) atoms. The van der Waals surface area contributed by atoms with E-state index < -0.39 is 0 Å². The van der Waals surface area contributed by atoms with Crippen molar-refractivity contribution in [3.05, 3.63) is 96.1 Å². The zero-order chi connectivity index (χ0) is 23.4. The Hall–Kier alpha value is -3.85. The summed E-state index contributed by atoms with van der Waals surface area (Å²) in [5.74, 6) is 1.74. The lowest BCUT2D eigenvalue weighted by Gasteiger charge is -2.22. The zero-order valence-electron chi connectivity index (χ0n) is 20.0. The van der Waals surface area contributed by atoms with E-state index in [2.05, 4.69) is 105 Å². The van der Waals surface area contributed by atoms with Crippen LogP contribution in [0.15, 0.2) is 89.3 Å². The summed E-state index contributed by atoms with van der Waals surface area (Å²) >= 11 is 0. The molecule has 0 amide bonds. The summed E-state index contributed by atoms with van der Waals surface area (Å²) in [6.07, 6.45) is 0. The first-order chi connectivity index (χ1) is 16.5. The van der Waals surface area contributed by atoms with E-state index in [1.165, 1.54) is 16.8 Å². The topological polar surface area (TPSA) is 31.0 Å². The minimum absolute atomic E-state index is 0.392. The second kappa shape index (κ2) is 7.88. The second-order valence-electron chi connectivity index (χ2n) is 9.66. The van der Waals surface area contributed by atoms with Crippen molar-refractivity contribution >= 4 is 33.0 Å². The molecule has 4 aromatic carbocycles. The molecule has 3 nitrogen and oxygen atoms in total. The highest BCUT2D eigenvalue weighted by atomic mass is 16.3. The second-order valence-corrected chi connectivity index (χ2v) is 9.66. The Labute approximate surface area is 199 Å². The molecule has 2 heterocycles. The minimum Gasteiger partial charge on any atom is -0.456 e. The van der Waals surface area contributed by atoms with Gasteiger partial charge in [-0.25, -0.2) is 4.98 Å². The largest absolute Gasteiger partial charge is 0.456 e. The fourth-order valence-corrected chi connectivity index (χ4v) is 5.08. The van der Waals surface area contributed by atoms with Crippen molar-refractivity contribution < 1.29 is 4.42 Å². The predicted molar refractivity (Wildman–Crippen MR) is 142 cm³/mol. The molecule has 0 aliphatic rings. The van der Waals surface area contributed by atoms with Crippen molar-refractivity contribution in [3.8, 4) is 17.1 Å². The van der Waals surface area contributed by atoms with Crippen LogP contribution in [0.1, 0.15) is 50.7 Å². The standard InChI is InChI=1S/C31H28N2O/c1-19(2)22-11-9-12-23(20(3)4)30(22)33-27-14-7-6-13-26(27)32-31(33)21-16-17-29-25(18-21)24-10-5-8-15-28(24)34-29/h5-20H,1-4H3. The SMILES string of the molecule is CC(C)c1cccc(C(C)C)c1-n1c(-c2ccc3oc4ccccc4c3c2)nc2ccccc21. The molecule has 0 spiro atoms. The molecule has 0 bridgehead atoms. The Morgan fingerprint density at radius 1 is 0.676 bits per heavy atom. The van der Waals surface area contributed by atoms with Crippen LogP contribution in [-0.2, 0) is 0 Å². The van der Waals surface area contributed by atoms with Crippen LogP contribution in [0.2, 0.25) is 0 Å². The van der Waals surface area contributed by atoms with Gasteiger partial charge in [0, 0.05) is 16.3 Å². The molecule has 0 radical (unpaired) electrons. The summed E-state index contributed by atoms with van der Waals surface area (Å²) in [6, 6.07) is 29.8. The van der Waals surface area contributed by atoms with Gasteiger partial charge >= 0.3 is 0 Å². The number of nitrogens with zero attached hydrogens (tertiary/aromatic N) is 2.